The summed E-state index contributed by atoms with van der Waals surface area (Å²) in [5, 5.41) is 1.69. The lowest BCUT2D eigenvalue weighted by Crippen LogP contribution is -2.12. The maximum absolute atomic E-state index is 13.1. The summed E-state index contributed by atoms with van der Waals surface area (Å²) in [7, 11) is -3.78. The van der Waals surface area contributed by atoms with Gasteiger partial charge in [-0.05, 0) is 37.4 Å². The van der Waals surface area contributed by atoms with Gasteiger partial charge in [0, 0.05) is 29.4 Å². The second-order valence-electron chi connectivity index (χ2n) is 6.08. The first-order valence-corrected chi connectivity index (χ1v) is 11.3. The lowest BCUT2D eigenvalue weighted by atomic mass is 10.2. The van der Waals surface area contributed by atoms with Gasteiger partial charge in [-0.3, -0.25) is 0 Å². The molecule has 1 aromatic carbocycles. The third-order valence-electron chi connectivity index (χ3n) is 4.25. The zero-order valence-corrected chi connectivity index (χ0v) is 17.4. The number of hydrogen-bond acceptors (Lipinski definition) is 6. The molecule has 0 N–H and O–H groups in total. The summed E-state index contributed by atoms with van der Waals surface area (Å²) in [6.07, 6.45) is 4.94. The number of nitrogens with zero attached hydrogens (tertiary/aromatic N) is 4. The molecule has 3 heterocycles. The highest BCUT2D eigenvalue weighted by Crippen LogP contribution is 2.30. The van der Waals surface area contributed by atoms with Gasteiger partial charge in [0.1, 0.15) is 10.2 Å². The van der Waals surface area contributed by atoms with E-state index in [1.165, 1.54) is 21.9 Å². The Morgan fingerprint density at radius 3 is 2.54 bits per heavy atom. The molecule has 4 rings (SSSR count). The van der Waals surface area contributed by atoms with Gasteiger partial charge in [-0.15, -0.1) is 11.8 Å². The molecule has 0 aliphatic carbocycles. The van der Waals surface area contributed by atoms with Crippen LogP contribution in [0.1, 0.15) is 5.56 Å². The summed E-state index contributed by atoms with van der Waals surface area (Å²) in [5.74, 6) is 0.426. The maximum Gasteiger partial charge on any atom is 0.269 e. The number of hydrogen-bond donors (Lipinski definition) is 0. The maximum atomic E-state index is 13.1. The molecule has 0 aliphatic rings. The Hall–Kier alpha value is -2.42. The Labute approximate surface area is 171 Å². The Kier molecular flexibility index (Phi) is 4.86. The molecule has 0 saturated carbocycles. The molecule has 6 nitrogen and oxygen atoms in total. The summed E-state index contributed by atoms with van der Waals surface area (Å²) >= 11 is 7.57. The van der Waals surface area contributed by atoms with E-state index in [4.69, 9.17) is 11.6 Å². The van der Waals surface area contributed by atoms with Crippen LogP contribution >= 0.6 is 23.4 Å². The van der Waals surface area contributed by atoms with Crippen molar-refractivity contribution in [3.63, 3.8) is 0 Å². The minimum absolute atomic E-state index is 0.200. The predicted octanol–water partition coefficient (Wildman–Crippen LogP) is 4.41. The number of pyridine rings is 1. The largest absolute Gasteiger partial charge is 0.269 e. The van der Waals surface area contributed by atoms with E-state index in [1.54, 1.807) is 48.7 Å². The number of benzene rings is 1. The summed E-state index contributed by atoms with van der Waals surface area (Å²) in [6, 6.07) is 11.8. The molecular weight excluding hydrogens is 416 g/mol. The molecule has 28 heavy (non-hydrogen) atoms. The molecule has 0 amide bonds. The van der Waals surface area contributed by atoms with Crippen LogP contribution in [0.2, 0.25) is 5.15 Å². The molecular formula is C19H15ClN4O2S2. The molecule has 3 aromatic heterocycles. The minimum atomic E-state index is -3.78. The van der Waals surface area contributed by atoms with E-state index in [1.807, 2.05) is 13.2 Å². The minimum Gasteiger partial charge on any atom is -0.237 e. The van der Waals surface area contributed by atoms with Crippen molar-refractivity contribution in [2.45, 2.75) is 16.8 Å². The fourth-order valence-corrected chi connectivity index (χ4v) is 4.81. The fourth-order valence-electron chi connectivity index (χ4n) is 2.85. The van der Waals surface area contributed by atoms with Gasteiger partial charge >= 0.3 is 0 Å². The van der Waals surface area contributed by atoms with Gasteiger partial charge < -0.3 is 0 Å². The summed E-state index contributed by atoms with van der Waals surface area (Å²) in [4.78, 5) is 13.3. The topological polar surface area (TPSA) is 77.7 Å². The smallest absolute Gasteiger partial charge is 0.237 e. The molecule has 0 radical (unpaired) electrons. The molecule has 0 bridgehead atoms. The lowest BCUT2D eigenvalue weighted by molar-refractivity contribution is 0.588. The normalized spacial score (nSPS) is 11.8. The van der Waals surface area contributed by atoms with Crippen molar-refractivity contribution in [2.24, 2.45) is 0 Å². The Morgan fingerprint density at radius 2 is 1.82 bits per heavy atom. The van der Waals surface area contributed by atoms with Crippen molar-refractivity contribution in [1.82, 2.24) is 18.9 Å². The van der Waals surface area contributed by atoms with Gasteiger partial charge in [-0.2, -0.15) is 0 Å². The number of aromatic nitrogens is 4. The summed E-state index contributed by atoms with van der Waals surface area (Å²) in [5.41, 5.74) is 1.97. The van der Waals surface area contributed by atoms with Crippen molar-refractivity contribution < 1.29 is 8.42 Å². The highest BCUT2D eigenvalue weighted by molar-refractivity contribution is 7.98. The average molecular weight is 431 g/mol. The monoisotopic (exact) mass is 430 g/mol. The summed E-state index contributed by atoms with van der Waals surface area (Å²) < 4.78 is 27.4. The molecule has 142 valence electrons. The van der Waals surface area contributed by atoms with E-state index in [2.05, 4.69) is 15.0 Å². The van der Waals surface area contributed by atoms with E-state index in [9.17, 15) is 8.42 Å². The van der Waals surface area contributed by atoms with Crippen molar-refractivity contribution in [3.05, 3.63) is 65.6 Å². The highest BCUT2D eigenvalue weighted by Gasteiger charge is 2.21. The number of thioether (sulfide) groups is 1. The van der Waals surface area contributed by atoms with Crippen LogP contribution in [0.25, 0.3) is 22.4 Å². The van der Waals surface area contributed by atoms with E-state index in [0.717, 1.165) is 10.6 Å². The van der Waals surface area contributed by atoms with Gasteiger partial charge in [-0.25, -0.2) is 27.3 Å². The fraction of sp³-hybridized carbons (Fsp3) is 0.105. The van der Waals surface area contributed by atoms with Gasteiger partial charge in [0.15, 0.2) is 11.5 Å². The van der Waals surface area contributed by atoms with Crippen LogP contribution in [-0.4, -0.2) is 33.6 Å². The Bertz CT molecular complexity index is 1290. The van der Waals surface area contributed by atoms with Crippen LogP contribution in [0.5, 0.6) is 0 Å². The first-order valence-electron chi connectivity index (χ1n) is 8.27. The lowest BCUT2D eigenvalue weighted by Gasteiger charge is -2.08. The molecule has 4 aromatic rings. The van der Waals surface area contributed by atoms with Crippen LogP contribution < -0.4 is 0 Å². The van der Waals surface area contributed by atoms with Gasteiger partial charge in [0.25, 0.3) is 10.0 Å². The third kappa shape index (κ3) is 3.28. The van der Waals surface area contributed by atoms with Crippen molar-refractivity contribution in [2.75, 3.05) is 6.26 Å². The van der Waals surface area contributed by atoms with E-state index >= 15 is 0 Å². The van der Waals surface area contributed by atoms with E-state index < -0.39 is 10.0 Å². The molecule has 9 heteroatoms. The summed E-state index contributed by atoms with van der Waals surface area (Å²) in [6.45, 7) is 1.91. The van der Waals surface area contributed by atoms with Crippen LogP contribution in [0.15, 0.2) is 64.8 Å². The highest BCUT2D eigenvalue weighted by atomic mass is 35.5. The second kappa shape index (κ2) is 7.20. The van der Waals surface area contributed by atoms with E-state index in [0.29, 0.717) is 27.6 Å². The van der Waals surface area contributed by atoms with Crippen LogP contribution in [-0.2, 0) is 10.0 Å². The standard InChI is InChI=1S/C19H15ClN4O2S2/c1-12-3-5-13(6-4-12)28(25,26)24-10-8-15-14(7-9-21-19(15)24)18-22-16(20)11-17(23-18)27-2/h3-11H,1-2H3. The Morgan fingerprint density at radius 1 is 1.07 bits per heavy atom. The quantitative estimate of drug-likeness (QED) is 0.352. The number of halogens is 1. The second-order valence-corrected chi connectivity index (χ2v) is 9.11. The Balaban J connectivity index is 1.90. The first-order chi connectivity index (χ1) is 13.4. The zero-order valence-electron chi connectivity index (χ0n) is 15.0. The van der Waals surface area contributed by atoms with Crippen molar-refractivity contribution in [1.29, 1.82) is 0 Å². The molecule has 0 unspecified atom stereocenters. The number of rotatable bonds is 4. The number of aryl methyl sites for hydroxylation is 1. The molecule has 0 spiro atoms. The third-order valence-corrected chi connectivity index (χ3v) is 6.76. The van der Waals surface area contributed by atoms with Gasteiger partial charge in [0.05, 0.1) is 4.90 Å². The first kappa shape index (κ1) is 18.9. The SMILES string of the molecule is CSc1cc(Cl)nc(-c2ccnc3c2ccn3S(=O)(=O)c2ccc(C)cc2)n1. The van der Waals surface area contributed by atoms with Gasteiger partial charge in [0.2, 0.25) is 0 Å². The van der Waals surface area contributed by atoms with Crippen LogP contribution in [0.4, 0.5) is 0 Å². The van der Waals surface area contributed by atoms with Crippen LogP contribution in [0, 0.1) is 6.92 Å². The predicted molar refractivity (Wildman–Crippen MR) is 111 cm³/mol. The number of fused-ring (bicyclic) bond motifs is 1. The van der Waals surface area contributed by atoms with Crippen LogP contribution in [0.3, 0.4) is 0 Å². The van der Waals surface area contributed by atoms with Gasteiger partial charge in [-0.1, -0.05) is 29.3 Å². The average Bonchev–Trinajstić information content (AvgIpc) is 3.12. The molecule has 0 aliphatic heterocycles. The zero-order chi connectivity index (χ0) is 19.9. The molecule has 0 fully saturated rings. The van der Waals surface area contributed by atoms with Crippen molar-refractivity contribution >= 4 is 44.4 Å². The molecule has 0 saturated heterocycles. The van der Waals surface area contributed by atoms with E-state index in [-0.39, 0.29) is 4.90 Å². The van der Waals surface area contributed by atoms with Crippen molar-refractivity contribution in [3.8, 4) is 11.4 Å². The molecule has 0 atom stereocenters.